The van der Waals surface area contributed by atoms with Gasteiger partial charge in [-0.3, -0.25) is 4.40 Å². The first-order valence-corrected chi connectivity index (χ1v) is 7.10. The molecule has 1 fully saturated rings. The third kappa shape index (κ3) is 2.39. The zero-order valence-corrected chi connectivity index (χ0v) is 11.9. The van der Waals surface area contributed by atoms with E-state index in [2.05, 4.69) is 15.2 Å². The lowest BCUT2D eigenvalue weighted by molar-refractivity contribution is -0.141. The summed E-state index contributed by atoms with van der Waals surface area (Å²) in [6.07, 6.45) is -1.23. The van der Waals surface area contributed by atoms with Gasteiger partial charge in [0.1, 0.15) is 11.5 Å². The molecule has 1 aliphatic heterocycles. The SMILES string of the molecule is FC(F)(F)c1ccc(N2CC(c3nnc4ccccn34)C2)cn1. The van der Waals surface area contributed by atoms with Gasteiger partial charge in [-0.1, -0.05) is 6.07 Å². The van der Waals surface area contributed by atoms with Crippen molar-refractivity contribution in [3.05, 3.63) is 54.2 Å². The highest BCUT2D eigenvalue weighted by Crippen LogP contribution is 2.32. The van der Waals surface area contributed by atoms with Crippen molar-refractivity contribution in [1.29, 1.82) is 0 Å². The van der Waals surface area contributed by atoms with Gasteiger partial charge >= 0.3 is 6.18 Å². The first-order valence-electron chi connectivity index (χ1n) is 7.10. The van der Waals surface area contributed by atoms with E-state index in [-0.39, 0.29) is 5.92 Å². The first-order chi connectivity index (χ1) is 11.0. The second kappa shape index (κ2) is 4.94. The molecule has 0 spiro atoms. The fourth-order valence-electron chi connectivity index (χ4n) is 2.73. The summed E-state index contributed by atoms with van der Waals surface area (Å²) in [6.45, 7) is 1.37. The van der Waals surface area contributed by atoms with E-state index in [0.29, 0.717) is 18.8 Å². The number of aromatic nitrogens is 4. The van der Waals surface area contributed by atoms with Gasteiger partial charge in [0, 0.05) is 19.3 Å². The third-order valence-corrected chi connectivity index (χ3v) is 3.99. The van der Waals surface area contributed by atoms with E-state index < -0.39 is 11.9 Å². The molecule has 3 aromatic rings. The van der Waals surface area contributed by atoms with Crippen LogP contribution < -0.4 is 4.90 Å². The van der Waals surface area contributed by atoms with Crippen molar-refractivity contribution in [2.24, 2.45) is 0 Å². The van der Waals surface area contributed by atoms with Crippen LogP contribution in [-0.2, 0) is 6.18 Å². The molecule has 0 aromatic carbocycles. The van der Waals surface area contributed by atoms with E-state index >= 15 is 0 Å². The molecule has 4 heterocycles. The second-order valence-corrected chi connectivity index (χ2v) is 5.49. The van der Waals surface area contributed by atoms with Crippen molar-refractivity contribution in [2.45, 2.75) is 12.1 Å². The first kappa shape index (κ1) is 14.0. The lowest BCUT2D eigenvalue weighted by Gasteiger charge is -2.39. The molecular formula is C15H12F3N5. The van der Waals surface area contributed by atoms with E-state index in [4.69, 9.17) is 0 Å². The smallest absolute Gasteiger partial charge is 0.369 e. The molecule has 5 nitrogen and oxygen atoms in total. The molecule has 0 atom stereocenters. The quantitative estimate of drug-likeness (QED) is 0.729. The molecule has 4 rings (SSSR count). The van der Waals surface area contributed by atoms with Crippen molar-refractivity contribution < 1.29 is 13.2 Å². The van der Waals surface area contributed by atoms with Crippen molar-refractivity contribution in [2.75, 3.05) is 18.0 Å². The van der Waals surface area contributed by atoms with E-state index in [9.17, 15) is 13.2 Å². The molecule has 0 aliphatic carbocycles. The minimum Gasteiger partial charge on any atom is -0.369 e. The molecule has 0 amide bonds. The van der Waals surface area contributed by atoms with Crippen LogP contribution in [0.15, 0.2) is 42.7 Å². The molecule has 0 bridgehead atoms. The zero-order chi connectivity index (χ0) is 16.0. The number of fused-ring (bicyclic) bond motifs is 1. The standard InChI is InChI=1S/C15H12F3N5/c16-15(17,18)12-5-4-11(7-19-12)22-8-10(9-22)14-21-20-13-3-1-2-6-23(13)14/h1-7,10H,8-9H2. The Morgan fingerprint density at radius 1 is 1.04 bits per heavy atom. The Hall–Kier alpha value is -2.64. The Balaban J connectivity index is 1.49. The van der Waals surface area contributed by atoms with E-state index in [1.165, 1.54) is 12.3 Å². The van der Waals surface area contributed by atoms with Gasteiger partial charge in [-0.15, -0.1) is 10.2 Å². The summed E-state index contributed by atoms with van der Waals surface area (Å²) < 4.78 is 39.5. The molecule has 0 unspecified atom stereocenters. The lowest BCUT2D eigenvalue weighted by Crippen LogP contribution is -2.45. The summed E-state index contributed by atoms with van der Waals surface area (Å²) in [5.74, 6) is 1.08. The summed E-state index contributed by atoms with van der Waals surface area (Å²) in [7, 11) is 0. The van der Waals surface area contributed by atoms with Gasteiger partial charge in [0.05, 0.1) is 17.8 Å². The van der Waals surface area contributed by atoms with E-state index in [1.807, 2.05) is 33.7 Å². The summed E-state index contributed by atoms with van der Waals surface area (Å²) in [5, 5.41) is 8.33. The number of halogens is 3. The monoisotopic (exact) mass is 319 g/mol. The summed E-state index contributed by atoms with van der Waals surface area (Å²) >= 11 is 0. The minimum absolute atomic E-state index is 0.203. The van der Waals surface area contributed by atoms with Crippen LogP contribution in [0.2, 0.25) is 0 Å². The van der Waals surface area contributed by atoms with Crippen LogP contribution in [0.25, 0.3) is 5.65 Å². The molecule has 3 aromatic heterocycles. The minimum atomic E-state index is -4.41. The van der Waals surface area contributed by atoms with Crippen LogP contribution in [0.4, 0.5) is 18.9 Å². The van der Waals surface area contributed by atoms with Gasteiger partial charge < -0.3 is 4.90 Å². The van der Waals surface area contributed by atoms with Gasteiger partial charge in [-0.25, -0.2) is 4.98 Å². The number of anilines is 1. The van der Waals surface area contributed by atoms with E-state index in [1.54, 1.807) is 0 Å². The lowest BCUT2D eigenvalue weighted by atomic mass is 9.98. The Morgan fingerprint density at radius 2 is 1.87 bits per heavy atom. The maximum absolute atomic E-state index is 12.5. The number of hydrogen-bond donors (Lipinski definition) is 0. The van der Waals surface area contributed by atoms with Gasteiger partial charge in [0.2, 0.25) is 0 Å². The van der Waals surface area contributed by atoms with Crippen LogP contribution >= 0.6 is 0 Å². The zero-order valence-electron chi connectivity index (χ0n) is 11.9. The fourth-order valence-corrected chi connectivity index (χ4v) is 2.73. The highest BCUT2D eigenvalue weighted by Gasteiger charge is 2.34. The molecule has 23 heavy (non-hydrogen) atoms. The largest absolute Gasteiger partial charge is 0.433 e. The Morgan fingerprint density at radius 3 is 2.57 bits per heavy atom. The number of nitrogens with zero attached hydrogens (tertiary/aromatic N) is 5. The average molecular weight is 319 g/mol. The highest BCUT2D eigenvalue weighted by molar-refractivity contribution is 5.49. The summed E-state index contributed by atoms with van der Waals surface area (Å²) in [6, 6.07) is 8.15. The molecule has 0 N–H and O–H groups in total. The second-order valence-electron chi connectivity index (χ2n) is 5.49. The van der Waals surface area contributed by atoms with Gasteiger partial charge in [-0.2, -0.15) is 13.2 Å². The molecule has 0 radical (unpaired) electrons. The van der Waals surface area contributed by atoms with E-state index in [0.717, 1.165) is 17.5 Å². The summed E-state index contributed by atoms with van der Waals surface area (Å²) in [5.41, 5.74) is 0.599. The Labute approximate surface area is 129 Å². The van der Waals surface area contributed by atoms with Crippen molar-refractivity contribution in [1.82, 2.24) is 19.6 Å². The van der Waals surface area contributed by atoms with Crippen LogP contribution in [0.5, 0.6) is 0 Å². The third-order valence-electron chi connectivity index (χ3n) is 3.99. The van der Waals surface area contributed by atoms with Crippen molar-refractivity contribution in [3.8, 4) is 0 Å². The van der Waals surface area contributed by atoms with Gasteiger partial charge in [-0.05, 0) is 24.3 Å². The highest BCUT2D eigenvalue weighted by atomic mass is 19.4. The van der Waals surface area contributed by atoms with Crippen molar-refractivity contribution >= 4 is 11.3 Å². The molecule has 118 valence electrons. The molecule has 1 saturated heterocycles. The Kier molecular flexibility index (Phi) is 3.00. The van der Waals surface area contributed by atoms with Crippen LogP contribution in [0, 0.1) is 0 Å². The van der Waals surface area contributed by atoms with Gasteiger partial charge in [0.25, 0.3) is 0 Å². The molecular weight excluding hydrogens is 307 g/mol. The number of pyridine rings is 2. The maximum Gasteiger partial charge on any atom is 0.433 e. The van der Waals surface area contributed by atoms with Crippen LogP contribution in [0.1, 0.15) is 17.4 Å². The van der Waals surface area contributed by atoms with Crippen molar-refractivity contribution in [3.63, 3.8) is 0 Å². The topological polar surface area (TPSA) is 46.3 Å². The maximum atomic E-state index is 12.5. The average Bonchev–Trinajstić information content (AvgIpc) is 2.90. The fraction of sp³-hybridized carbons (Fsp3) is 0.267. The summed E-state index contributed by atoms with van der Waals surface area (Å²) in [4.78, 5) is 5.46. The molecule has 1 aliphatic rings. The van der Waals surface area contributed by atoms with Crippen LogP contribution in [-0.4, -0.2) is 32.7 Å². The number of alkyl halides is 3. The predicted octanol–water partition coefficient (Wildman–Crippen LogP) is 2.75. The van der Waals surface area contributed by atoms with Crippen LogP contribution in [0.3, 0.4) is 0 Å². The normalized spacial score (nSPS) is 15.9. The molecule has 8 heteroatoms. The predicted molar refractivity (Wildman–Crippen MR) is 77.2 cm³/mol. The Bertz CT molecular complexity index is 834. The molecule has 0 saturated carbocycles. The number of rotatable bonds is 2. The van der Waals surface area contributed by atoms with Gasteiger partial charge in [0.15, 0.2) is 5.65 Å². The number of hydrogen-bond acceptors (Lipinski definition) is 4.